The predicted octanol–water partition coefficient (Wildman–Crippen LogP) is 3.45. The minimum atomic E-state index is -0.288. The molecule has 3 rings (SSSR count). The van der Waals surface area contributed by atoms with Gasteiger partial charge in [-0.1, -0.05) is 30.3 Å². The minimum absolute atomic E-state index is 0.0339. The Morgan fingerprint density at radius 1 is 1.04 bits per heavy atom. The third-order valence-electron chi connectivity index (χ3n) is 3.67. The van der Waals surface area contributed by atoms with Gasteiger partial charge in [-0.3, -0.25) is 4.79 Å². The molecule has 0 unspecified atom stereocenters. The molecule has 23 heavy (non-hydrogen) atoms. The summed E-state index contributed by atoms with van der Waals surface area (Å²) in [6.07, 6.45) is 0. The van der Waals surface area contributed by atoms with Gasteiger partial charge in [-0.2, -0.15) is 5.10 Å². The van der Waals surface area contributed by atoms with E-state index in [9.17, 15) is 9.90 Å². The first-order valence-electron chi connectivity index (χ1n) is 7.29. The molecule has 0 bridgehead atoms. The van der Waals surface area contributed by atoms with E-state index in [4.69, 9.17) is 0 Å². The number of hydrogen-bond acceptors (Lipinski definition) is 3. The number of carbonyl (C=O) groups is 1. The summed E-state index contributed by atoms with van der Waals surface area (Å²) in [4.78, 5) is 12.6. The molecular formula is C18H17N3O2. The maximum absolute atomic E-state index is 12.6. The van der Waals surface area contributed by atoms with Gasteiger partial charge in [0.15, 0.2) is 0 Å². The highest BCUT2D eigenvalue weighted by atomic mass is 16.3. The van der Waals surface area contributed by atoms with Crippen LogP contribution >= 0.6 is 0 Å². The van der Waals surface area contributed by atoms with Crippen LogP contribution in [-0.4, -0.2) is 20.8 Å². The lowest BCUT2D eigenvalue weighted by atomic mass is 10.1. The largest absolute Gasteiger partial charge is 0.506 e. The molecule has 0 fully saturated rings. The van der Waals surface area contributed by atoms with E-state index in [1.807, 2.05) is 37.3 Å². The summed E-state index contributed by atoms with van der Waals surface area (Å²) in [5.41, 5.74) is 3.18. The van der Waals surface area contributed by atoms with Crippen LogP contribution in [0.5, 0.6) is 5.75 Å². The molecule has 2 aromatic carbocycles. The van der Waals surface area contributed by atoms with E-state index in [1.54, 1.807) is 29.8 Å². The van der Waals surface area contributed by atoms with Crippen LogP contribution in [0.3, 0.4) is 0 Å². The van der Waals surface area contributed by atoms with Gasteiger partial charge in [-0.05, 0) is 38.1 Å². The maximum Gasteiger partial charge on any atom is 0.259 e. The molecule has 1 aromatic heterocycles. The third kappa shape index (κ3) is 2.81. The quantitative estimate of drug-likeness (QED) is 0.728. The second-order valence-electron chi connectivity index (χ2n) is 5.26. The molecule has 1 heterocycles. The van der Waals surface area contributed by atoms with Crippen molar-refractivity contribution in [2.75, 3.05) is 5.32 Å². The summed E-state index contributed by atoms with van der Waals surface area (Å²) in [7, 11) is 0. The molecular weight excluding hydrogens is 290 g/mol. The molecule has 5 nitrogen and oxygen atoms in total. The molecule has 5 heteroatoms. The van der Waals surface area contributed by atoms with E-state index in [1.165, 1.54) is 6.07 Å². The standard InChI is InChI=1S/C18H17N3O2/c1-12-17(18(23)19-15-10-6-7-11-16(15)22)13(2)21(20-12)14-8-4-3-5-9-14/h3-11,22H,1-2H3,(H,19,23). The Morgan fingerprint density at radius 3 is 2.39 bits per heavy atom. The summed E-state index contributed by atoms with van der Waals surface area (Å²) >= 11 is 0. The highest BCUT2D eigenvalue weighted by Gasteiger charge is 2.20. The summed E-state index contributed by atoms with van der Waals surface area (Å²) in [5.74, 6) is -0.254. The number of anilines is 1. The van der Waals surface area contributed by atoms with Crippen LogP contribution in [-0.2, 0) is 0 Å². The number of phenolic OH excluding ortho intramolecular Hbond substituents is 1. The van der Waals surface area contributed by atoms with E-state index in [0.717, 1.165) is 11.4 Å². The van der Waals surface area contributed by atoms with Crippen LogP contribution in [0.1, 0.15) is 21.7 Å². The number of para-hydroxylation sites is 3. The SMILES string of the molecule is Cc1nn(-c2ccccc2)c(C)c1C(=O)Nc1ccccc1O. The molecule has 1 amide bonds. The highest BCUT2D eigenvalue weighted by molar-refractivity contribution is 6.06. The van der Waals surface area contributed by atoms with Crippen molar-refractivity contribution in [2.45, 2.75) is 13.8 Å². The average molecular weight is 307 g/mol. The van der Waals surface area contributed by atoms with Crippen LogP contribution in [0.4, 0.5) is 5.69 Å². The minimum Gasteiger partial charge on any atom is -0.506 e. The van der Waals surface area contributed by atoms with Crippen LogP contribution in [0.15, 0.2) is 54.6 Å². The number of aryl methyl sites for hydroxylation is 1. The molecule has 2 N–H and O–H groups in total. The monoisotopic (exact) mass is 307 g/mol. The molecule has 0 aliphatic rings. The number of amides is 1. The zero-order chi connectivity index (χ0) is 16.4. The van der Waals surface area contributed by atoms with Gasteiger partial charge >= 0.3 is 0 Å². The Kier molecular flexibility index (Phi) is 3.85. The maximum atomic E-state index is 12.6. The zero-order valence-corrected chi connectivity index (χ0v) is 12.9. The second kappa shape index (κ2) is 5.96. The Morgan fingerprint density at radius 2 is 1.70 bits per heavy atom. The van der Waals surface area contributed by atoms with Gasteiger partial charge in [0.2, 0.25) is 0 Å². The highest BCUT2D eigenvalue weighted by Crippen LogP contribution is 2.24. The van der Waals surface area contributed by atoms with Crippen molar-refractivity contribution in [3.63, 3.8) is 0 Å². The van der Waals surface area contributed by atoms with Crippen molar-refractivity contribution in [2.24, 2.45) is 0 Å². The Bertz CT molecular complexity index is 854. The van der Waals surface area contributed by atoms with Crippen molar-refractivity contribution in [1.29, 1.82) is 0 Å². The first-order valence-corrected chi connectivity index (χ1v) is 7.29. The number of rotatable bonds is 3. The van der Waals surface area contributed by atoms with E-state index < -0.39 is 0 Å². The first-order chi connectivity index (χ1) is 11.1. The lowest BCUT2D eigenvalue weighted by Gasteiger charge is -2.08. The summed E-state index contributed by atoms with van der Waals surface area (Å²) < 4.78 is 1.75. The molecule has 0 atom stereocenters. The van der Waals surface area contributed by atoms with E-state index >= 15 is 0 Å². The van der Waals surface area contributed by atoms with Crippen LogP contribution in [0.2, 0.25) is 0 Å². The molecule has 0 radical (unpaired) electrons. The van der Waals surface area contributed by atoms with Gasteiger partial charge in [-0.15, -0.1) is 0 Å². The third-order valence-corrected chi connectivity index (χ3v) is 3.67. The number of nitrogens with one attached hydrogen (secondary N) is 1. The molecule has 0 saturated heterocycles. The van der Waals surface area contributed by atoms with Crippen molar-refractivity contribution in [3.05, 3.63) is 71.5 Å². The normalized spacial score (nSPS) is 10.5. The molecule has 0 aliphatic heterocycles. The number of aromatic nitrogens is 2. The van der Waals surface area contributed by atoms with Crippen molar-refractivity contribution in [3.8, 4) is 11.4 Å². The number of hydrogen-bond donors (Lipinski definition) is 2. The Hall–Kier alpha value is -3.08. The fourth-order valence-electron chi connectivity index (χ4n) is 2.56. The number of phenols is 1. The molecule has 0 aliphatic carbocycles. The molecule has 116 valence electrons. The van der Waals surface area contributed by atoms with Crippen LogP contribution in [0, 0.1) is 13.8 Å². The smallest absolute Gasteiger partial charge is 0.259 e. The number of nitrogens with zero attached hydrogens (tertiary/aromatic N) is 2. The molecule has 3 aromatic rings. The van der Waals surface area contributed by atoms with Gasteiger partial charge in [0, 0.05) is 0 Å². The van der Waals surface area contributed by atoms with Crippen LogP contribution in [0.25, 0.3) is 5.69 Å². The van der Waals surface area contributed by atoms with Crippen molar-refractivity contribution in [1.82, 2.24) is 9.78 Å². The first kappa shape index (κ1) is 14.8. The fourth-order valence-corrected chi connectivity index (χ4v) is 2.56. The van der Waals surface area contributed by atoms with Gasteiger partial charge < -0.3 is 10.4 Å². The Balaban J connectivity index is 1.96. The number of carbonyl (C=O) groups excluding carboxylic acids is 1. The van der Waals surface area contributed by atoms with Crippen LogP contribution < -0.4 is 5.32 Å². The van der Waals surface area contributed by atoms with Gasteiger partial charge in [0.05, 0.1) is 28.3 Å². The summed E-state index contributed by atoms with van der Waals surface area (Å²) in [6, 6.07) is 16.3. The average Bonchev–Trinajstić information content (AvgIpc) is 2.85. The molecule has 0 saturated carbocycles. The van der Waals surface area contributed by atoms with Crippen molar-refractivity contribution < 1.29 is 9.90 Å². The topological polar surface area (TPSA) is 67.2 Å². The Labute approximate surface area is 134 Å². The number of aromatic hydroxyl groups is 1. The van der Waals surface area contributed by atoms with E-state index in [2.05, 4.69) is 10.4 Å². The predicted molar refractivity (Wildman–Crippen MR) is 89.1 cm³/mol. The van der Waals surface area contributed by atoms with Gasteiger partial charge in [-0.25, -0.2) is 4.68 Å². The number of benzene rings is 2. The van der Waals surface area contributed by atoms with E-state index in [0.29, 0.717) is 16.9 Å². The summed E-state index contributed by atoms with van der Waals surface area (Å²) in [5, 5.41) is 17.0. The fraction of sp³-hybridized carbons (Fsp3) is 0.111. The van der Waals surface area contributed by atoms with Gasteiger partial charge in [0.25, 0.3) is 5.91 Å². The summed E-state index contributed by atoms with van der Waals surface area (Å²) in [6.45, 7) is 3.65. The van der Waals surface area contributed by atoms with E-state index in [-0.39, 0.29) is 11.7 Å². The lowest BCUT2D eigenvalue weighted by Crippen LogP contribution is -2.14. The van der Waals surface area contributed by atoms with Gasteiger partial charge in [0.1, 0.15) is 5.75 Å². The second-order valence-corrected chi connectivity index (χ2v) is 5.26. The lowest BCUT2D eigenvalue weighted by molar-refractivity contribution is 0.102. The molecule has 0 spiro atoms. The van der Waals surface area contributed by atoms with Crippen molar-refractivity contribution >= 4 is 11.6 Å². The zero-order valence-electron chi connectivity index (χ0n) is 12.9.